The van der Waals surface area contributed by atoms with Crippen LogP contribution in [0.25, 0.3) is 16.8 Å². The van der Waals surface area contributed by atoms with Crippen LogP contribution in [0.5, 0.6) is 17.2 Å². The Balaban J connectivity index is 1.39. The number of allylic oxidation sites excluding steroid dienone is 1. The number of carbonyl (C=O) groups is 1. The second kappa shape index (κ2) is 14.1. The Hall–Kier alpha value is -5.15. The molecule has 0 saturated heterocycles. The van der Waals surface area contributed by atoms with Crippen LogP contribution in [0.15, 0.2) is 106 Å². The maximum atomic E-state index is 14.2. The highest BCUT2D eigenvalue weighted by Crippen LogP contribution is 2.38. The zero-order valence-electron chi connectivity index (χ0n) is 26.8. The van der Waals surface area contributed by atoms with E-state index in [0.717, 1.165) is 23.3 Å². The van der Waals surface area contributed by atoms with Gasteiger partial charge >= 0.3 is 5.97 Å². The van der Waals surface area contributed by atoms with Crippen molar-refractivity contribution in [2.45, 2.75) is 39.3 Å². The van der Waals surface area contributed by atoms with Crippen LogP contribution in [0.4, 0.5) is 0 Å². The smallest absolute Gasteiger partial charge is 0.338 e. The third-order valence-electron chi connectivity index (χ3n) is 8.08. The van der Waals surface area contributed by atoms with E-state index in [1.165, 1.54) is 22.1 Å². The SMILES string of the molecule is CCCC1=C(C(=O)OCC)[C@@H](c2cc(OC)ccc2OC)n2c(s/c(=C\c3ccc(OCc4cccc5ccccc45)cc3)c2=O)=N1. The summed E-state index contributed by atoms with van der Waals surface area (Å²) < 4.78 is 24.9. The molecule has 0 spiro atoms. The number of fused-ring (bicyclic) bond motifs is 2. The summed E-state index contributed by atoms with van der Waals surface area (Å²) in [6, 6.07) is 26.6. The number of esters is 1. The monoisotopic (exact) mass is 648 g/mol. The predicted octanol–water partition coefficient (Wildman–Crippen LogP) is 6.33. The maximum Gasteiger partial charge on any atom is 0.338 e. The maximum absolute atomic E-state index is 14.2. The molecular weight excluding hydrogens is 612 g/mol. The summed E-state index contributed by atoms with van der Waals surface area (Å²) in [7, 11) is 3.13. The lowest BCUT2D eigenvalue weighted by Crippen LogP contribution is -2.40. The van der Waals surface area contributed by atoms with Crippen LogP contribution in [-0.2, 0) is 16.1 Å². The van der Waals surface area contributed by atoms with E-state index in [4.69, 9.17) is 23.9 Å². The summed E-state index contributed by atoms with van der Waals surface area (Å²) >= 11 is 1.29. The number of benzene rings is 4. The molecule has 9 heteroatoms. The van der Waals surface area contributed by atoms with Gasteiger partial charge in [-0.1, -0.05) is 79.3 Å². The van der Waals surface area contributed by atoms with Gasteiger partial charge in [0.2, 0.25) is 0 Å². The summed E-state index contributed by atoms with van der Waals surface area (Å²) in [5, 5.41) is 2.34. The van der Waals surface area contributed by atoms with Crippen molar-refractivity contribution in [2.24, 2.45) is 4.99 Å². The number of rotatable bonds is 11. The van der Waals surface area contributed by atoms with E-state index >= 15 is 0 Å². The molecule has 0 N–H and O–H groups in total. The highest BCUT2D eigenvalue weighted by molar-refractivity contribution is 7.07. The molecule has 4 aromatic carbocycles. The number of hydrogen-bond donors (Lipinski definition) is 0. The van der Waals surface area contributed by atoms with Gasteiger partial charge in [-0.25, -0.2) is 9.79 Å². The van der Waals surface area contributed by atoms with E-state index < -0.39 is 12.0 Å². The first-order valence-electron chi connectivity index (χ1n) is 15.6. The van der Waals surface area contributed by atoms with Crippen LogP contribution >= 0.6 is 11.3 Å². The molecule has 1 aliphatic heterocycles. The first-order valence-corrected chi connectivity index (χ1v) is 16.4. The van der Waals surface area contributed by atoms with Gasteiger partial charge in [-0.05, 0) is 71.7 Å². The Morgan fingerprint density at radius 2 is 1.70 bits per heavy atom. The number of aromatic nitrogens is 1. The Morgan fingerprint density at radius 3 is 2.45 bits per heavy atom. The molecule has 0 radical (unpaired) electrons. The van der Waals surface area contributed by atoms with Crippen LogP contribution in [0.2, 0.25) is 0 Å². The second-order valence-corrected chi connectivity index (χ2v) is 12.0. The zero-order chi connectivity index (χ0) is 32.9. The fraction of sp³-hybridized carbons (Fsp3) is 0.237. The van der Waals surface area contributed by atoms with Gasteiger partial charge in [-0.15, -0.1) is 0 Å². The van der Waals surface area contributed by atoms with Gasteiger partial charge in [0, 0.05) is 5.56 Å². The van der Waals surface area contributed by atoms with Crippen LogP contribution in [0.1, 0.15) is 49.4 Å². The molecule has 0 fully saturated rings. The molecule has 0 aliphatic carbocycles. The largest absolute Gasteiger partial charge is 0.497 e. The van der Waals surface area contributed by atoms with Gasteiger partial charge in [0.05, 0.1) is 36.6 Å². The van der Waals surface area contributed by atoms with Crippen LogP contribution in [0, 0.1) is 0 Å². The Labute approximate surface area is 276 Å². The Kier molecular flexibility index (Phi) is 9.54. The molecular formula is C38H36N2O6S. The van der Waals surface area contributed by atoms with Crippen molar-refractivity contribution in [1.82, 2.24) is 4.57 Å². The van der Waals surface area contributed by atoms with Crippen molar-refractivity contribution in [1.29, 1.82) is 0 Å². The van der Waals surface area contributed by atoms with Gasteiger partial charge in [0.1, 0.15) is 29.9 Å². The molecule has 240 valence electrons. The average Bonchev–Trinajstić information content (AvgIpc) is 3.40. The molecule has 2 heterocycles. The summed E-state index contributed by atoms with van der Waals surface area (Å²) in [5.74, 6) is 1.31. The molecule has 0 amide bonds. The lowest BCUT2D eigenvalue weighted by Gasteiger charge is -2.27. The third kappa shape index (κ3) is 6.44. The highest BCUT2D eigenvalue weighted by Gasteiger charge is 2.36. The van der Waals surface area contributed by atoms with Gasteiger partial charge in [-0.3, -0.25) is 9.36 Å². The van der Waals surface area contributed by atoms with Gasteiger partial charge in [-0.2, -0.15) is 0 Å². The average molecular weight is 649 g/mol. The van der Waals surface area contributed by atoms with Crippen LogP contribution in [0.3, 0.4) is 0 Å². The van der Waals surface area contributed by atoms with Crippen molar-refractivity contribution >= 4 is 34.2 Å². The normalized spacial score (nSPS) is 14.5. The van der Waals surface area contributed by atoms with Crippen molar-refractivity contribution < 1.29 is 23.7 Å². The molecule has 1 aliphatic rings. The number of nitrogens with zero attached hydrogens (tertiary/aromatic N) is 2. The topological polar surface area (TPSA) is 88.4 Å². The molecule has 1 atom stereocenters. The Morgan fingerprint density at radius 1 is 0.936 bits per heavy atom. The minimum absolute atomic E-state index is 0.190. The van der Waals surface area contributed by atoms with Crippen molar-refractivity contribution in [3.8, 4) is 17.2 Å². The van der Waals surface area contributed by atoms with E-state index in [1.54, 1.807) is 43.9 Å². The van der Waals surface area contributed by atoms with Crippen molar-refractivity contribution in [3.63, 3.8) is 0 Å². The number of methoxy groups -OCH3 is 2. The van der Waals surface area contributed by atoms with Crippen LogP contribution < -0.4 is 29.1 Å². The molecule has 0 bridgehead atoms. The molecule has 8 nitrogen and oxygen atoms in total. The second-order valence-electron chi connectivity index (χ2n) is 11.0. The number of carbonyl (C=O) groups excluding carboxylic acids is 1. The van der Waals surface area contributed by atoms with Crippen LogP contribution in [-0.4, -0.2) is 31.4 Å². The highest BCUT2D eigenvalue weighted by atomic mass is 32.1. The quantitative estimate of drug-likeness (QED) is 0.156. The number of thiazole rings is 1. The first kappa shape index (κ1) is 31.8. The lowest BCUT2D eigenvalue weighted by atomic mass is 9.93. The summed E-state index contributed by atoms with van der Waals surface area (Å²) in [6.07, 6.45) is 3.14. The molecule has 0 unspecified atom stereocenters. The van der Waals surface area contributed by atoms with Gasteiger partial charge in [0.15, 0.2) is 4.80 Å². The van der Waals surface area contributed by atoms with E-state index in [9.17, 15) is 9.59 Å². The van der Waals surface area contributed by atoms with E-state index in [-0.39, 0.29) is 12.2 Å². The zero-order valence-corrected chi connectivity index (χ0v) is 27.6. The van der Waals surface area contributed by atoms with E-state index in [2.05, 4.69) is 24.3 Å². The number of hydrogen-bond acceptors (Lipinski definition) is 8. The lowest BCUT2D eigenvalue weighted by molar-refractivity contribution is -0.139. The summed E-state index contributed by atoms with van der Waals surface area (Å²) in [5.41, 5.74) is 3.21. The fourth-order valence-corrected chi connectivity index (χ4v) is 6.88. The standard InChI is InChI=1S/C38H36N2O6S/c1-5-10-31-34(37(42)45-6-2)35(30-22-28(43-3)19-20-32(30)44-4)40-36(41)33(47-38(40)39-31)21-24-15-17-27(18-16-24)46-23-26-13-9-12-25-11-7-8-14-29(25)26/h7-9,11-22,35H,5-6,10,23H2,1-4H3/b33-21-/t35-/m1/s1. The van der Waals surface area contributed by atoms with Crippen molar-refractivity contribution in [3.05, 3.63) is 133 Å². The van der Waals surface area contributed by atoms with Gasteiger partial charge in [0.25, 0.3) is 5.56 Å². The van der Waals surface area contributed by atoms with Gasteiger partial charge < -0.3 is 18.9 Å². The molecule has 6 rings (SSSR count). The molecule has 47 heavy (non-hydrogen) atoms. The predicted molar refractivity (Wildman–Crippen MR) is 184 cm³/mol. The molecule has 0 saturated carbocycles. The number of ether oxygens (including phenoxy) is 4. The summed E-state index contributed by atoms with van der Waals surface area (Å²) in [6.45, 7) is 4.41. The minimum atomic E-state index is -0.816. The summed E-state index contributed by atoms with van der Waals surface area (Å²) in [4.78, 5) is 33.1. The van der Waals surface area contributed by atoms with E-state index in [0.29, 0.717) is 50.7 Å². The van der Waals surface area contributed by atoms with Crippen molar-refractivity contribution in [2.75, 3.05) is 20.8 Å². The minimum Gasteiger partial charge on any atom is -0.497 e. The molecule has 1 aromatic heterocycles. The fourth-order valence-electron chi connectivity index (χ4n) is 5.86. The Bertz CT molecular complexity index is 2140. The molecule has 5 aromatic rings. The third-order valence-corrected chi connectivity index (χ3v) is 9.06. The first-order chi connectivity index (χ1) is 22.9. The van der Waals surface area contributed by atoms with E-state index in [1.807, 2.05) is 55.5 Å².